The van der Waals surface area contributed by atoms with Gasteiger partial charge in [0.05, 0.1) is 13.8 Å². The number of anilines is 2. The highest BCUT2D eigenvalue weighted by molar-refractivity contribution is 5.97. The molecule has 36 heavy (non-hydrogen) atoms. The van der Waals surface area contributed by atoms with Crippen LogP contribution in [-0.4, -0.2) is 84.6 Å². The van der Waals surface area contributed by atoms with Crippen molar-refractivity contribution in [3.8, 4) is 5.75 Å². The van der Waals surface area contributed by atoms with Gasteiger partial charge in [-0.15, -0.1) is 0 Å². The molecule has 0 aliphatic carbocycles. The number of hydrogen-bond donors (Lipinski definition) is 1. The summed E-state index contributed by atoms with van der Waals surface area (Å²) in [5, 5.41) is 2.93. The SMILES string of the molecule is COc1ccc(NC(=O)N2CCC3(CC2)C(=O)N(CC(=O)N2CCCC2)CN3c2ccccc2)cc1. The van der Waals surface area contributed by atoms with Crippen LogP contribution in [-0.2, 0) is 9.59 Å². The Morgan fingerprint density at radius 2 is 1.58 bits per heavy atom. The van der Waals surface area contributed by atoms with Crippen molar-refractivity contribution in [2.45, 2.75) is 31.2 Å². The zero-order valence-electron chi connectivity index (χ0n) is 20.7. The molecule has 190 valence electrons. The summed E-state index contributed by atoms with van der Waals surface area (Å²) in [5.74, 6) is 0.720. The van der Waals surface area contributed by atoms with Crippen molar-refractivity contribution in [2.75, 3.05) is 56.7 Å². The van der Waals surface area contributed by atoms with Crippen LogP contribution in [0.3, 0.4) is 0 Å². The summed E-state index contributed by atoms with van der Waals surface area (Å²) in [6.45, 7) is 2.92. The minimum Gasteiger partial charge on any atom is -0.497 e. The molecule has 2 aromatic carbocycles. The molecule has 3 fully saturated rings. The van der Waals surface area contributed by atoms with Crippen molar-refractivity contribution in [1.29, 1.82) is 0 Å². The summed E-state index contributed by atoms with van der Waals surface area (Å²) in [5.41, 5.74) is 0.887. The van der Waals surface area contributed by atoms with Gasteiger partial charge in [0.15, 0.2) is 0 Å². The van der Waals surface area contributed by atoms with E-state index < -0.39 is 5.54 Å². The lowest BCUT2D eigenvalue weighted by atomic mass is 9.85. The van der Waals surface area contributed by atoms with E-state index in [-0.39, 0.29) is 24.4 Å². The molecule has 4 amide bonds. The summed E-state index contributed by atoms with van der Waals surface area (Å²) in [4.78, 5) is 47.1. The predicted octanol–water partition coefficient (Wildman–Crippen LogP) is 2.99. The fourth-order valence-corrected chi connectivity index (χ4v) is 5.51. The average molecular weight is 492 g/mol. The van der Waals surface area contributed by atoms with Gasteiger partial charge in [-0.2, -0.15) is 0 Å². The maximum atomic E-state index is 13.8. The molecular weight excluding hydrogens is 458 g/mol. The van der Waals surface area contributed by atoms with E-state index in [1.54, 1.807) is 41.2 Å². The van der Waals surface area contributed by atoms with Crippen LogP contribution in [0.2, 0.25) is 0 Å². The number of rotatable bonds is 5. The first-order valence-corrected chi connectivity index (χ1v) is 12.6. The van der Waals surface area contributed by atoms with Crippen LogP contribution in [0.25, 0.3) is 0 Å². The third-order valence-electron chi connectivity index (χ3n) is 7.59. The molecule has 0 atom stereocenters. The fraction of sp³-hybridized carbons (Fsp3) is 0.444. The lowest BCUT2D eigenvalue weighted by molar-refractivity contribution is -0.140. The number of hydrogen-bond acceptors (Lipinski definition) is 5. The molecule has 0 radical (unpaired) electrons. The maximum Gasteiger partial charge on any atom is 0.321 e. The number of nitrogens with one attached hydrogen (secondary N) is 1. The molecule has 3 aliphatic rings. The summed E-state index contributed by atoms with van der Waals surface area (Å²) >= 11 is 0. The first kappa shape index (κ1) is 24.0. The molecule has 0 bridgehead atoms. The van der Waals surface area contributed by atoms with Crippen molar-refractivity contribution in [3.63, 3.8) is 0 Å². The van der Waals surface area contributed by atoms with E-state index in [1.807, 2.05) is 35.2 Å². The van der Waals surface area contributed by atoms with Gasteiger partial charge in [-0.1, -0.05) is 18.2 Å². The zero-order chi connectivity index (χ0) is 25.1. The monoisotopic (exact) mass is 491 g/mol. The Morgan fingerprint density at radius 3 is 2.22 bits per heavy atom. The number of ether oxygens (including phenoxy) is 1. The summed E-state index contributed by atoms with van der Waals surface area (Å²) in [7, 11) is 1.60. The lowest BCUT2D eigenvalue weighted by Gasteiger charge is -2.43. The van der Waals surface area contributed by atoms with E-state index in [0.29, 0.717) is 38.3 Å². The Labute approximate surface area is 211 Å². The Kier molecular flexibility index (Phi) is 6.71. The third-order valence-corrected chi connectivity index (χ3v) is 7.59. The van der Waals surface area contributed by atoms with Crippen LogP contribution >= 0.6 is 0 Å². The van der Waals surface area contributed by atoms with E-state index in [0.717, 1.165) is 37.4 Å². The number of amides is 4. The van der Waals surface area contributed by atoms with Gasteiger partial charge in [0.1, 0.15) is 17.8 Å². The van der Waals surface area contributed by atoms with E-state index >= 15 is 0 Å². The van der Waals surface area contributed by atoms with Gasteiger partial charge in [0.2, 0.25) is 5.91 Å². The van der Waals surface area contributed by atoms with Crippen LogP contribution in [0.15, 0.2) is 54.6 Å². The highest BCUT2D eigenvalue weighted by atomic mass is 16.5. The number of benzene rings is 2. The number of methoxy groups -OCH3 is 1. The molecule has 3 saturated heterocycles. The second-order valence-electron chi connectivity index (χ2n) is 9.67. The van der Waals surface area contributed by atoms with E-state index in [9.17, 15) is 14.4 Å². The van der Waals surface area contributed by atoms with Crippen molar-refractivity contribution in [2.24, 2.45) is 0 Å². The Bertz CT molecular complexity index is 1090. The number of likely N-dealkylation sites (tertiary alicyclic amines) is 2. The minimum absolute atomic E-state index is 0.0159. The van der Waals surface area contributed by atoms with Gasteiger partial charge in [0.25, 0.3) is 5.91 Å². The molecule has 0 saturated carbocycles. The molecule has 9 heteroatoms. The van der Waals surface area contributed by atoms with E-state index in [4.69, 9.17) is 4.74 Å². The lowest BCUT2D eigenvalue weighted by Crippen LogP contribution is -2.58. The molecule has 3 heterocycles. The second-order valence-corrected chi connectivity index (χ2v) is 9.67. The van der Waals surface area contributed by atoms with Gasteiger partial charge >= 0.3 is 6.03 Å². The minimum atomic E-state index is -0.760. The van der Waals surface area contributed by atoms with Gasteiger partial charge in [0, 0.05) is 37.6 Å². The largest absolute Gasteiger partial charge is 0.497 e. The third kappa shape index (κ3) is 4.57. The Balaban J connectivity index is 1.29. The van der Waals surface area contributed by atoms with Crippen molar-refractivity contribution in [3.05, 3.63) is 54.6 Å². The highest BCUT2D eigenvalue weighted by Gasteiger charge is 2.54. The number of carbonyl (C=O) groups excluding carboxylic acids is 3. The smallest absolute Gasteiger partial charge is 0.321 e. The quantitative estimate of drug-likeness (QED) is 0.695. The van der Waals surface area contributed by atoms with Gasteiger partial charge in [-0.05, 0) is 62.1 Å². The fourth-order valence-electron chi connectivity index (χ4n) is 5.51. The van der Waals surface area contributed by atoms with E-state index in [1.165, 1.54) is 0 Å². The molecule has 3 aliphatic heterocycles. The van der Waals surface area contributed by atoms with Crippen LogP contribution in [0.5, 0.6) is 5.75 Å². The highest BCUT2D eigenvalue weighted by Crippen LogP contribution is 2.39. The summed E-state index contributed by atoms with van der Waals surface area (Å²) in [6.07, 6.45) is 3.05. The number of nitrogens with zero attached hydrogens (tertiary/aromatic N) is 4. The normalized spacial score (nSPS) is 19.2. The Hall–Kier alpha value is -3.75. The first-order chi connectivity index (χ1) is 17.5. The van der Waals surface area contributed by atoms with Crippen molar-refractivity contribution < 1.29 is 19.1 Å². The molecule has 9 nitrogen and oxygen atoms in total. The molecule has 0 aromatic heterocycles. The van der Waals surface area contributed by atoms with Crippen LogP contribution in [0, 0.1) is 0 Å². The molecule has 0 unspecified atom stereocenters. The molecular formula is C27H33N5O4. The Morgan fingerprint density at radius 1 is 0.917 bits per heavy atom. The first-order valence-electron chi connectivity index (χ1n) is 12.6. The van der Waals surface area contributed by atoms with Gasteiger partial charge in [-0.3, -0.25) is 9.59 Å². The topological polar surface area (TPSA) is 85.4 Å². The average Bonchev–Trinajstić information content (AvgIpc) is 3.54. The summed E-state index contributed by atoms with van der Waals surface area (Å²) < 4.78 is 5.17. The van der Waals surface area contributed by atoms with E-state index in [2.05, 4.69) is 10.2 Å². The van der Waals surface area contributed by atoms with Crippen LogP contribution in [0.1, 0.15) is 25.7 Å². The number of para-hydroxylation sites is 1. The molecule has 5 rings (SSSR count). The van der Waals surface area contributed by atoms with Crippen molar-refractivity contribution >= 4 is 29.2 Å². The zero-order valence-corrected chi connectivity index (χ0v) is 20.7. The van der Waals surface area contributed by atoms with Gasteiger partial charge in [-0.25, -0.2) is 4.79 Å². The molecule has 1 spiro atoms. The second kappa shape index (κ2) is 10.1. The number of urea groups is 1. The standard InChI is InChI=1S/C27H33N5O4/c1-36-23-11-9-21(10-12-23)28-26(35)30-17-13-27(14-18-30)25(34)31(19-24(33)29-15-5-6-16-29)20-32(27)22-7-3-2-4-8-22/h2-4,7-12H,5-6,13-20H2,1H3,(H,28,35). The van der Waals surface area contributed by atoms with Gasteiger partial charge < -0.3 is 29.7 Å². The van der Waals surface area contributed by atoms with Crippen LogP contribution in [0.4, 0.5) is 16.2 Å². The summed E-state index contributed by atoms with van der Waals surface area (Å²) in [6, 6.07) is 16.9. The molecule has 2 aromatic rings. The van der Waals surface area contributed by atoms with Crippen molar-refractivity contribution in [1.82, 2.24) is 14.7 Å². The molecule has 1 N–H and O–H groups in total. The maximum absolute atomic E-state index is 13.8. The number of carbonyl (C=O) groups is 3. The van der Waals surface area contributed by atoms with Crippen LogP contribution < -0.4 is 15.0 Å². The number of piperidine rings is 1. The predicted molar refractivity (Wildman–Crippen MR) is 137 cm³/mol.